The van der Waals surface area contributed by atoms with Crippen LogP contribution in [0.3, 0.4) is 0 Å². The maximum atomic E-state index is 12.2. The summed E-state index contributed by atoms with van der Waals surface area (Å²) in [6, 6.07) is 16.0. The van der Waals surface area contributed by atoms with Gasteiger partial charge in [-0.2, -0.15) is 8.42 Å². The van der Waals surface area contributed by atoms with E-state index in [0.29, 0.717) is 0 Å². The highest BCUT2D eigenvalue weighted by molar-refractivity contribution is 7.86. The molecule has 23 heavy (non-hydrogen) atoms. The van der Waals surface area contributed by atoms with Crippen LogP contribution < -0.4 is 0 Å². The molecular formula is C17H18O5S. The van der Waals surface area contributed by atoms with Gasteiger partial charge in [0.25, 0.3) is 10.1 Å². The zero-order valence-electron chi connectivity index (χ0n) is 12.7. The van der Waals surface area contributed by atoms with Crippen molar-refractivity contribution in [1.82, 2.24) is 0 Å². The molecule has 1 aliphatic heterocycles. The number of hydrogen-bond acceptors (Lipinski definition) is 5. The molecule has 0 unspecified atom stereocenters. The van der Waals surface area contributed by atoms with Gasteiger partial charge < -0.3 is 9.47 Å². The van der Waals surface area contributed by atoms with Gasteiger partial charge in [-0.05, 0) is 19.1 Å². The molecule has 1 aliphatic rings. The lowest BCUT2D eigenvalue weighted by molar-refractivity contribution is -0.215. The average Bonchev–Trinajstić information content (AvgIpc) is 2.56. The minimum atomic E-state index is -3.82. The van der Waals surface area contributed by atoms with Crippen LogP contribution in [0, 0.1) is 6.92 Å². The average molecular weight is 334 g/mol. The second-order valence-electron chi connectivity index (χ2n) is 5.39. The minimum Gasteiger partial charge on any atom is -0.346 e. The second-order valence-corrected chi connectivity index (χ2v) is 6.97. The predicted octanol–water partition coefficient (Wildman–Crippen LogP) is 2.81. The smallest absolute Gasteiger partial charge is 0.297 e. The normalized spacial score (nSPS) is 22.0. The first kappa shape index (κ1) is 16.1. The Bertz CT molecular complexity index is 732. The van der Waals surface area contributed by atoms with Crippen LogP contribution >= 0.6 is 0 Å². The Morgan fingerprint density at radius 1 is 0.957 bits per heavy atom. The van der Waals surface area contributed by atoms with E-state index in [9.17, 15) is 8.42 Å². The molecule has 0 aromatic heterocycles. The molecule has 2 aromatic carbocycles. The van der Waals surface area contributed by atoms with Gasteiger partial charge >= 0.3 is 0 Å². The fourth-order valence-electron chi connectivity index (χ4n) is 2.28. The first-order valence-corrected chi connectivity index (χ1v) is 8.73. The van der Waals surface area contributed by atoms with E-state index < -0.39 is 22.5 Å². The Morgan fingerprint density at radius 3 is 2.17 bits per heavy atom. The molecule has 2 aromatic rings. The third-order valence-corrected chi connectivity index (χ3v) is 4.89. The quantitative estimate of drug-likeness (QED) is 0.805. The van der Waals surface area contributed by atoms with E-state index in [4.69, 9.17) is 13.7 Å². The van der Waals surface area contributed by atoms with E-state index in [2.05, 4.69) is 0 Å². The first-order chi connectivity index (χ1) is 11.0. The Balaban J connectivity index is 1.61. The zero-order valence-corrected chi connectivity index (χ0v) is 13.5. The molecule has 0 N–H and O–H groups in total. The molecular weight excluding hydrogens is 316 g/mol. The standard InChI is InChI=1S/C17H18O5S/c1-13-7-9-16(10-8-13)23(18,19)22-15-11-20-17(21-12-15)14-5-3-2-4-6-14/h2-10,15,17H,11-12H2,1H3/t15-,17+. The van der Waals surface area contributed by atoms with E-state index in [-0.39, 0.29) is 18.1 Å². The summed E-state index contributed by atoms with van der Waals surface area (Å²) >= 11 is 0. The third-order valence-electron chi connectivity index (χ3n) is 3.51. The van der Waals surface area contributed by atoms with Crippen molar-refractivity contribution in [3.05, 3.63) is 65.7 Å². The van der Waals surface area contributed by atoms with Crippen LogP contribution in [0.2, 0.25) is 0 Å². The molecule has 0 spiro atoms. The molecule has 0 atom stereocenters. The van der Waals surface area contributed by atoms with Crippen LogP contribution in [0.5, 0.6) is 0 Å². The monoisotopic (exact) mass is 334 g/mol. The fraction of sp³-hybridized carbons (Fsp3) is 0.294. The van der Waals surface area contributed by atoms with E-state index in [1.807, 2.05) is 37.3 Å². The van der Waals surface area contributed by atoms with Gasteiger partial charge in [0.05, 0.1) is 18.1 Å². The molecule has 0 saturated carbocycles. The van der Waals surface area contributed by atoms with E-state index in [1.54, 1.807) is 12.1 Å². The van der Waals surface area contributed by atoms with Crippen LogP contribution in [0.4, 0.5) is 0 Å². The lowest BCUT2D eigenvalue weighted by Gasteiger charge is -2.29. The summed E-state index contributed by atoms with van der Waals surface area (Å²) in [6.45, 7) is 2.21. The van der Waals surface area contributed by atoms with E-state index in [1.165, 1.54) is 12.1 Å². The van der Waals surface area contributed by atoms with Crippen LogP contribution in [0.15, 0.2) is 59.5 Å². The van der Waals surface area contributed by atoms with Gasteiger partial charge in [0, 0.05) is 5.56 Å². The van der Waals surface area contributed by atoms with Gasteiger partial charge in [-0.3, -0.25) is 4.18 Å². The summed E-state index contributed by atoms with van der Waals surface area (Å²) in [5.41, 5.74) is 1.88. The molecule has 3 rings (SSSR count). The van der Waals surface area contributed by atoms with Crippen LogP contribution in [-0.2, 0) is 23.8 Å². The third kappa shape index (κ3) is 3.97. The lowest BCUT2D eigenvalue weighted by Crippen LogP contribution is -2.35. The number of rotatable bonds is 4. The van der Waals surface area contributed by atoms with Crippen molar-refractivity contribution in [1.29, 1.82) is 0 Å². The Morgan fingerprint density at radius 2 is 1.57 bits per heavy atom. The van der Waals surface area contributed by atoms with E-state index >= 15 is 0 Å². The Hall–Kier alpha value is -1.73. The molecule has 0 aliphatic carbocycles. The maximum absolute atomic E-state index is 12.2. The summed E-state index contributed by atoms with van der Waals surface area (Å²) in [4.78, 5) is 0.133. The van der Waals surface area contributed by atoms with Crippen molar-refractivity contribution in [3.8, 4) is 0 Å². The Labute approximate surface area is 135 Å². The molecule has 0 amide bonds. The van der Waals surface area contributed by atoms with Crippen LogP contribution in [0.1, 0.15) is 17.4 Å². The van der Waals surface area contributed by atoms with Crippen molar-refractivity contribution in [2.45, 2.75) is 24.2 Å². The van der Waals surface area contributed by atoms with Gasteiger partial charge in [-0.15, -0.1) is 0 Å². The number of benzene rings is 2. The molecule has 1 saturated heterocycles. The van der Waals surface area contributed by atoms with Crippen molar-refractivity contribution in [2.75, 3.05) is 13.2 Å². The van der Waals surface area contributed by atoms with Gasteiger partial charge in [0.2, 0.25) is 0 Å². The first-order valence-electron chi connectivity index (χ1n) is 7.33. The van der Waals surface area contributed by atoms with Gasteiger partial charge in [-0.1, -0.05) is 48.0 Å². The number of aryl methyl sites for hydroxylation is 1. The SMILES string of the molecule is Cc1ccc(S(=O)(=O)O[C@H]2CO[C@@H](c3ccccc3)OC2)cc1. The van der Waals surface area contributed by atoms with Crippen molar-refractivity contribution in [3.63, 3.8) is 0 Å². The minimum absolute atomic E-state index is 0.133. The van der Waals surface area contributed by atoms with Gasteiger partial charge in [-0.25, -0.2) is 0 Å². The fourth-order valence-corrected chi connectivity index (χ4v) is 3.33. The molecule has 0 bridgehead atoms. The van der Waals surface area contributed by atoms with Crippen molar-refractivity contribution >= 4 is 10.1 Å². The molecule has 1 fully saturated rings. The second kappa shape index (κ2) is 6.80. The van der Waals surface area contributed by atoms with Crippen molar-refractivity contribution in [2.24, 2.45) is 0 Å². The highest BCUT2D eigenvalue weighted by Crippen LogP contribution is 2.25. The topological polar surface area (TPSA) is 61.8 Å². The highest BCUT2D eigenvalue weighted by atomic mass is 32.2. The summed E-state index contributed by atoms with van der Waals surface area (Å²) in [5.74, 6) is 0. The summed E-state index contributed by atoms with van der Waals surface area (Å²) in [5, 5.41) is 0. The lowest BCUT2D eigenvalue weighted by atomic mass is 10.2. The Kier molecular flexibility index (Phi) is 4.77. The number of ether oxygens (including phenoxy) is 2. The molecule has 0 radical (unpaired) electrons. The highest BCUT2D eigenvalue weighted by Gasteiger charge is 2.28. The summed E-state index contributed by atoms with van der Waals surface area (Å²) in [7, 11) is -3.82. The maximum Gasteiger partial charge on any atom is 0.297 e. The van der Waals surface area contributed by atoms with Gasteiger partial charge in [0.15, 0.2) is 6.29 Å². The predicted molar refractivity (Wildman–Crippen MR) is 84.3 cm³/mol. The van der Waals surface area contributed by atoms with Crippen LogP contribution in [-0.4, -0.2) is 27.7 Å². The molecule has 122 valence electrons. The van der Waals surface area contributed by atoms with Crippen molar-refractivity contribution < 1.29 is 22.1 Å². The largest absolute Gasteiger partial charge is 0.346 e. The molecule has 1 heterocycles. The summed E-state index contributed by atoms with van der Waals surface area (Å²) in [6.07, 6.45) is -1.14. The summed E-state index contributed by atoms with van der Waals surface area (Å²) < 4.78 is 40.8. The van der Waals surface area contributed by atoms with Gasteiger partial charge in [0.1, 0.15) is 6.10 Å². The zero-order chi connectivity index (χ0) is 16.3. The molecule has 6 heteroatoms. The molecule has 5 nitrogen and oxygen atoms in total. The number of hydrogen-bond donors (Lipinski definition) is 0. The van der Waals surface area contributed by atoms with E-state index in [0.717, 1.165) is 11.1 Å². The van der Waals surface area contributed by atoms with Crippen LogP contribution in [0.25, 0.3) is 0 Å².